The van der Waals surface area contributed by atoms with Gasteiger partial charge in [0.05, 0.1) is 18.3 Å². The van der Waals surface area contributed by atoms with E-state index in [2.05, 4.69) is 10.1 Å². The molecule has 1 N–H and O–H groups in total. The number of halogens is 4. The zero-order chi connectivity index (χ0) is 15.7. The Bertz CT molecular complexity index is 772. The van der Waals surface area contributed by atoms with E-state index in [4.69, 9.17) is 0 Å². The molecule has 0 saturated carbocycles. The van der Waals surface area contributed by atoms with E-state index in [1.165, 1.54) is 4.68 Å². The van der Waals surface area contributed by atoms with Gasteiger partial charge in [-0.1, -0.05) is 0 Å². The van der Waals surface area contributed by atoms with Crippen LogP contribution in [0.4, 0.5) is 17.6 Å². The van der Waals surface area contributed by atoms with Gasteiger partial charge in [-0.05, 0) is 24.3 Å². The third-order valence-corrected chi connectivity index (χ3v) is 3.27. The number of hydrogen-bond donors (Lipinski definition) is 1. The fourth-order valence-corrected chi connectivity index (χ4v) is 2.15. The first kappa shape index (κ1) is 14.4. The summed E-state index contributed by atoms with van der Waals surface area (Å²) in [6, 6.07) is 4.21. The minimum absolute atomic E-state index is 0.0569. The number of H-pyrrole nitrogens is 1. The SMILES string of the molecule is Fc1ccc(C(F)(F)F)cc1Cn1cc(-c2cc[nH]c2)cn1. The van der Waals surface area contributed by atoms with Crippen LogP contribution in [0.15, 0.2) is 49.1 Å². The first-order chi connectivity index (χ1) is 10.4. The summed E-state index contributed by atoms with van der Waals surface area (Å²) < 4.78 is 53.2. The van der Waals surface area contributed by atoms with E-state index in [0.717, 1.165) is 29.3 Å². The number of rotatable bonds is 3. The van der Waals surface area contributed by atoms with Crippen molar-refractivity contribution in [3.8, 4) is 11.1 Å². The molecule has 0 aliphatic rings. The number of hydrogen-bond acceptors (Lipinski definition) is 1. The van der Waals surface area contributed by atoms with Crippen molar-refractivity contribution in [1.82, 2.24) is 14.8 Å². The Morgan fingerprint density at radius 3 is 2.64 bits per heavy atom. The van der Waals surface area contributed by atoms with E-state index in [0.29, 0.717) is 0 Å². The van der Waals surface area contributed by atoms with E-state index in [9.17, 15) is 17.6 Å². The number of benzene rings is 1. The van der Waals surface area contributed by atoms with Crippen LogP contribution in [0.25, 0.3) is 11.1 Å². The van der Waals surface area contributed by atoms with Crippen LogP contribution in [-0.4, -0.2) is 14.8 Å². The van der Waals surface area contributed by atoms with Crippen molar-refractivity contribution in [2.45, 2.75) is 12.7 Å². The van der Waals surface area contributed by atoms with Gasteiger partial charge < -0.3 is 4.98 Å². The summed E-state index contributed by atoms with van der Waals surface area (Å²) in [6.45, 7) is -0.0693. The predicted octanol–water partition coefficient (Wildman–Crippen LogP) is 4.08. The number of nitrogens with one attached hydrogen (secondary N) is 1. The van der Waals surface area contributed by atoms with Gasteiger partial charge in [-0.25, -0.2) is 4.39 Å². The molecule has 1 aromatic carbocycles. The van der Waals surface area contributed by atoms with Crippen LogP contribution in [0.5, 0.6) is 0 Å². The maximum absolute atomic E-state index is 13.7. The second-order valence-corrected chi connectivity index (χ2v) is 4.83. The summed E-state index contributed by atoms with van der Waals surface area (Å²) >= 11 is 0. The minimum atomic E-state index is -4.50. The summed E-state index contributed by atoms with van der Waals surface area (Å²) in [7, 11) is 0. The third kappa shape index (κ3) is 2.88. The van der Waals surface area contributed by atoms with E-state index >= 15 is 0 Å². The molecule has 22 heavy (non-hydrogen) atoms. The molecular weight excluding hydrogens is 298 g/mol. The second kappa shape index (κ2) is 5.32. The molecule has 3 rings (SSSR count). The van der Waals surface area contributed by atoms with Crippen LogP contribution in [0, 0.1) is 5.82 Å². The molecule has 2 heterocycles. The molecule has 0 unspecified atom stereocenters. The first-order valence-corrected chi connectivity index (χ1v) is 6.45. The standard InChI is InChI=1S/C15H11F4N3/c16-14-2-1-13(15(17,18)19)5-11(14)8-22-9-12(7-21-22)10-3-4-20-6-10/h1-7,9,20H,8H2. The van der Waals surface area contributed by atoms with E-state index < -0.39 is 17.6 Å². The van der Waals surface area contributed by atoms with Crippen molar-refractivity contribution in [2.75, 3.05) is 0 Å². The summed E-state index contributed by atoms with van der Waals surface area (Å²) in [5, 5.41) is 4.06. The zero-order valence-electron chi connectivity index (χ0n) is 11.2. The van der Waals surface area contributed by atoms with Gasteiger partial charge in [-0.3, -0.25) is 4.68 Å². The molecular formula is C15H11F4N3. The topological polar surface area (TPSA) is 33.6 Å². The fraction of sp³-hybridized carbons (Fsp3) is 0.133. The molecule has 0 saturated heterocycles. The van der Waals surface area contributed by atoms with Crippen LogP contribution >= 0.6 is 0 Å². The average Bonchev–Trinajstić information content (AvgIpc) is 3.10. The number of aromatic nitrogens is 3. The molecule has 0 fully saturated rings. The summed E-state index contributed by atoms with van der Waals surface area (Å²) in [6.07, 6.45) is 2.26. The Hall–Kier alpha value is -2.57. The quantitative estimate of drug-likeness (QED) is 0.727. The average molecular weight is 309 g/mol. The zero-order valence-corrected chi connectivity index (χ0v) is 11.2. The lowest BCUT2D eigenvalue weighted by Gasteiger charge is -2.10. The second-order valence-electron chi connectivity index (χ2n) is 4.83. The summed E-state index contributed by atoms with van der Waals surface area (Å²) in [5.41, 5.74) is 0.768. The Kier molecular flexibility index (Phi) is 3.48. The molecule has 3 aromatic rings. The Labute approximate surface area is 123 Å². The molecule has 0 amide bonds. The maximum Gasteiger partial charge on any atom is 0.416 e. The van der Waals surface area contributed by atoms with Crippen molar-refractivity contribution in [1.29, 1.82) is 0 Å². The van der Waals surface area contributed by atoms with Gasteiger partial charge in [0.15, 0.2) is 0 Å². The highest BCUT2D eigenvalue weighted by Crippen LogP contribution is 2.30. The molecule has 0 radical (unpaired) electrons. The van der Waals surface area contributed by atoms with Crippen molar-refractivity contribution in [3.05, 3.63) is 66.0 Å². The van der Waals surface area contributed by atoms with Crippen molar-refractivity contribution in [2.24, 2.45) is 0 Å². The minimum Gasteiger partial charge on any atom is -0.367 e. The smallest absolute Gasteiger partial charge is 0.367 e. The van der Waals surface area contributed by atoms with E-state index in [1.807, 2.05) is 6.07 Å². The number of aromatic amines is 1. The van der Waals surface area contributed by atoms with Gasteiger partial charge in [0.2, 0.25) is 0 Å². The number of alkyl halides is 3. The van der Waals surface area contributed by atoms with Gasteiger partial charge in [-0.2, -0.15) is 18.3 Å². The highest BCUT2D eigenvalue weighted by molar-refractivity contribution is 5.60. The lowest BCUT2D eigenvalue weighted by atomic mass is 10.1. The van der Waals surface area contributed by atoms with Crippen molar-refractivity contribution in [3.63, 3.8) is 0 Å². The molecule has 0 bridgehead atoms. The van der Waals surface area contributed by atoms with Crippen molar-refractivity contribution < 1.29 is 17.6 Å². The third-order valence-electron chi connectivity index (χ3n) is 3.27. The highest BCUT2D eigenvalue weighted by atomic mass is 19.4. The van der Waals surface area contributed by atoms with Crippen LogP contribution in [-0.2, 0) is 12.7 Å². The lowest BCUT2D eigenvalue weighted by Crippen LogP contribution is -2.08. The van der Waals surface area contributed by atoms with Gasteiger partial charge in [0.1, 0.15) is 5.82 Å². The largest absolute Gasteiger partial charge is 0.416 e. The van der Waals surface area contributed by atoms with Crippen LogP contribution < -0.4 is 0 Å². The molecule has 0 atom stereocenters. The first-order valence-electron chi connectivity index (χ1n) is 6.45. The lowest BCUT2D eigenvalue weighted by molar-refractivity contribution is -0.137. The van der Waals surface area contributed by atoms with Gasteiger partial charge in [0.25, 0.3) is 0 Å². The van der Waals surface area contributed by atoms with Crippen LogP contribution in [0.1, 0.15) is 11.1 Å². The van der Waals surface area contributed by atoms with Gasteiger partial charge in [0, 0.05) is 35.3 Å². The predicted molar refractivity (Wildman–Crippen MR) is 72.5 cm³/mol. The number of nitrogens with zero attached hydrogens (tertiary/aromatic N) is 2. The monoisotopic (exact) mass is 309 g/mol. The van der Waals surface area contributed by atoms with E-state index in [1.54, 1.807) is 24.8 Å². The molecule has 3 nitrogen and oxygen atoms in total. The summed E-state index contributed by atoms with van der Waals surface area (Å²) in [4.78, 5) is 2.90. The van der Waals surface area contributed by atoms with Crippen LogP contribution in [0.3, 0.4) is 0 Å². The Morgan fingerprint density at radius 2 is 1.95 bits per heavy atom. The molecule has 0 aliphatic carbocycles. The van der Waals surface area contributed by atoms with Crippen LogP contribution in [0.2, 0.25) is 0 Å². The Morgan fingerprint density at radius 1 is 1.14 bits per heavy atom. The van der Waals surface area contributed by atoms with Gasteiger partial charge >= 0.3 is 6.18 Å². The fourth-order valence-electron chi connectivity index (χ4n) is 2.15. The van der Waals surface area contributed by atoms with Crippen molar-refractivity contribution >= 4 is 0 Å². The molecule has 0 spiro atoms. The molecule has 114 valence electrons. The van der Waals surface area contributed by atoms with E-state index in [-0.39, 0.29) is 12.1 Å². The molecule has 2 aromatic heterocycles. The molecule has 7 heteroatoms. The normalized spacial score (nSPS) is 11.8. The summed E-state index contributed by atoms with van der Waals surface area (Å²) in [5.74, 6) is -0.688. The highest BCUT2D eigenvalue weighted by Gasteiger charge is 2.31. The molecule has 0 aliphatic heterocycles. The van der Waals surface area contributed by atoms with Gasteiger partial charge in [-0.15, -0.1) is 0 Å². The maximum atomic E-state index is 13.7. The Balaban J connectivity index is 1.87.